The van der Waals surface area contributed by atoms with Gasteiger partial charge in [-0.2, -0.15) is 13.2 Å². The topological polar surface area (TPSA) is 181 Å². The molecule has 1 aromatic carbocycles. The van der Waals surface area contributed by atoms with E-state index in [1.807, 2.05) is 33.8 Å². The highest BCUT2D eigenvalue weighted by molar-refractivity contribution is 5.96. The molecule has 0 saturated carbocycles. The van der Waals surface area contributed by atoms with Crippen molar-refractivity contribution in [3.8, 4) is 22.5 Å². The van der Waals surface area contributed by atoms with Gasteiger partial charge in [0.1, 0.15) is 24.7 Å². The predicted octanol–water partition coefficient (Wildman–Crippen LogP) is 6.64. The maximum absolute atomic E-state index is 14.8. The van der Waals surface area contributed by atoms with Crippen LogP contribution in [-0.2, 0) is 52.8 Å². The van der Waals surface area contributed by atoms with E-state index in [2.05, 4.69) is 22.3 Å². The maximum Gasteiger partial charge on any atom is 0.406 e. The molecule has 398 valence electrons. The van der Waals surface area contributed by atoms with Crippen LogP contribution in [0.4, 0.5) is 18.0 Å². The average Bonchev–Trinajstić information content (AvgIpc) is 3.66. The number of morpholine rings is 1. The van der Waals surface area contributed by atoms with Crippen LogP contribution in [-0.4, -0.2) is 154 Å². The van der Waals surface area contributed by atoms with Crippen molar-refractivity contribution in [2.24, 2.45) is 11.3 Å². The molecule has 0 radical (unpaired) electrons. The molecule has 6 bridgehead atoms. The summed E-state index contributed by atoms with van der Waals surface area (Å²) in [5, 5.41) is 4.85. The Balaban J connectivity index is 1.14. The summed E-state index contributed by atoms with van der Waals surface area (Å²) in [4.78, 5) is 84.5. The third kappa shape index (κ3) is 11.6. The number of carbonyl (C=O) groups is 5. The molecule has 17 nitrogen and oxygen atoms in total. The second-order valence-corrected chi connectivity index (χ2v) is 21.2. The van der Waals surface area contributed by atoms with Crippen LogP contribution in [0.25, 0.3) is 33.4 Å². The van der Waals surface area contributed by atoms with Crippen molar-refractivity contribution in [1.29, 1.82) is 0 Å². The van der Waals surface area contributed by atoms with Crippen LogP contribution >= 0.6 is 0 Å². The monoisotopic (exact) mass is 1030 g/mol. The number of urea groups is 1. The molecule has 20 heteroatoms. The number of hydrogen-bond donors (Lipinski definition) is 2. The minimum atomic E-state index is -4.61. The molecule has 4 aliphatic rings. The first-order valence-corrected chi connectivity index (χ1v) is 25.4. The Labute approximate surface area is 429 Å². The first-order chi connectivity index (χ1) is 35.1. The van der Waals surface area contributed by atoms with Gasteiger partial charge >= 0.3 is 18.2 Å². The van der Waals surface area contributed by atoms with Crippen LogP contribution in [0, 0.1) is 11.3 Å². The lowest BCUT2D eigenvalue weighted by molar-refractivity contribution is -0.155. The Kier molecular flexibility index (Phi) is 15.9. The summed E-state index contributed by atoms with van der Waals surface area (Å²) in [6.07, 6.45) is -0.444. The second kappa shape index (κ2) is 21.8. The molecule has 3 aromatic heterocycles. The molecular weight excluding hydrogens is 960 g/mol. The van der Waals surface area contributed by atoms with Gasteiger partial charge in [0, 0.05) is 86.1 Å². The van der Waals surface area contributed by atoms with E-state index in [-0.39, 0.29) is 37.9 Å². The standard InChI is InChI=1S/C54H68F3N9O8/c1-9-44(67)64-25-26-74-53(30-64)19-23-63(24-20-53)51(71)62(7)46(33(2)3)48(68)60-42-28-36-13-10-15-40(59-36)35-17-18-43-38(27-35)39(29-52(5,6)32-73-50(70)41-16-12-22-66(61-41)49(42)69)47(65(43)31-54(55,56)57)37-14-11-21-58-45(37)34(4)72-8/h9-11,13-15,17-18,21,27,33-34,41-42,46,61H,1,12,16,19-20,22-26,28-32H2,2-8H3,(H,60,68)/t34-,41?,42-,46-/m0/s1. The van der Waals surface area contributed by atoms with E-state index >= 15 is 0 Å². The summed E-state index contributed by atoms with van der Waals surface area (Å²) >= 11 is 0. The zero-order chi connectivity index (χ0) is 53.3. The summed E-state index contributed by atoms with van der Waals surface area (Å²) in [6.45, 7) is 13.5. The molecule has 5 amide bonds. The molecule has 3 saturated heterocycles. The number of likely N-dealkylation sites (tertiary alicyclic amines) is 1. The molecule has 4 aromatic rings. The number of pyridine rings is 2. The Hall–Kier alpha value is -6.38. The van der Waals surface area contributed by atoms with Crippen molar-refractivity contribution in [3.05, 3.63) is 84.3 Å². The van der Waals surface area contributed by atoms with E-state index in [1.54, 1.807) is 72.4 Å². The summed E-state index contributed by atoms with van der Waals surface area (Å²) in [5.41, 5.74) is 5.30. The van der Waals surface area contributed by atoms with E-state index in [1.165, 1.54) is 27.7 Å². The molecule has 4 atom stereocenters. The van der Waals surface area contributed by atoms with Crippen molar-refractivity contribution in [1.82, 2.24) is 45.0 Å². The molecule has 8 rings (SSSR count). The number of carbonyl (C=O) groups excluding carboxylic acids is 5. The maximum atomic E-state index is 14.8. The summed E-state index contributed by atoms with van der Waals surface area (Å²) in [7, 11) is 3.08. The third-order valence-electron chi connectivity index (χ3n) is 14.8. The van der Waals surface area contributed by atoms with Gasteiger partial charge in [-0.15, -0.1) is 0 Å². The zero-order valence-corrected chi connectivity index (χ0v) is 43.3. The number of fused-ring (bicyclic) bond motifs is 6. The Morgan fingerprint density at radius 2 is 1.80 bits per heavy atom. The van der Waals surface area contributed by atoms with Gasteiger partial charge in [0.25, 0.3) is 5.91 Å². The lowest BCUT2D eigenvalue weighted by Gasteiger charge is -2.47. The average molecular weight is 1030 g/mol. The largest absolute Gasteiger partial charge is 0.464 e. The van der Waals surface area contributed by atoms with Gasteiger partial charge in [-0.05, 0) is 93.0 Å². The molecule has 1 spiro atoms. The van der Waals surface area contributed by atoms with Gasteiger partial charge in [-0.25, -0.2) is 10.2 Å². The van der Waals surface area contributed by atoms with Crippen LogP contribution < -0.4 is 10.7 Å². The molecular formula is C54H68F3N9O8. The quantitative estimate of drug-likeness (QED) is 0.136. The fourth-order valence-corrected chi connectivity index (χ4v) is 10.9. The molecule has 4 aliphatic heterocycles. The molecule has 1 unspecified atom stereocenters. The SMILES string of the molecule is C=CC(=O)N1CCOC2(CCN(C(=O)N(C)[C@H](C(=O)N[C@H]3Cc4cccc(n4)-c4ccc5c(c4)c(c(-c4cccnc4[C@H](C)OC)n5CC(F)(F)F)CC(C)(C)COC(=O)C4CCCN(N4)C3=O)C(C)C)CC2)C1. The normalized spacial score (nSPS) is 21.2. The van der Waals surface area contributed by atoms with Gasteiger partial charge in [0.15, 0.2) is 0 Å². The molecule has 7 heterocycles. The number of cyclic esters (lactones) is 1. The van der Waals surface area contributed by atoms with E-state index in [9.17, 15) is 37.1 Å². The highest BCUT2D eigenvalue weighted by Crippen LogP contribution is 2.43. The summed E-state index contributed by atoms with van der Waals surface area (Å²) in [5.74, 6) is -2.28. The number of likely N-dealkylation sites (N-methyl/N-ethyl adjacent to an activating group) is 1. The first-order valence-electron chi connectivity index (χ1n) is 25.4. The van der Waals surface area contributed by atoms with Crippen LogP contribution in [0.1, 0.15) is 83.4 Å². The third-order valence-corrected chi connectivity index (χ3v) is 14.8. The predicted molar refractivity (Wildman–Crippen MR) is 270 cm³/mol. The van der Waals surface area contributed by atoms with Gasteiger partial charge < -0.3 is 38.8 Å². The summed E-state index contributed by atoms with van der Waals surface area (Å²) in [6, 6.07) is 10.3. The highest BCUT2D eigenvalue weighted by atomic mass is 19.4. The smallest absolute Gasteiger partial charge is 0.406 e. The fraction of sp³-hybridized carbons (Fsp3) is 0.537. The van der Waals surface area contributed by atoms with E-state index < -0.39 is 71.7 Å². The number of rotatable bonds is 9. The number of piperidine rings is 1. The van der Waals surface area contributed by atoms with Crippen molar-refractivity contribution < 1.29 is 51.4 Å². The highest BCUT2D eigenvalue weighted by Gasteiger charge is 2.44. The number of nitrogens with zero attached hydrogens (tertiary/aromatic N) is 7. The number of methoxy groups -OCH3 is 1. The number of amides is 5. The van der Waals surface area contributed by atoms with Crippen LogP contribution in [0.15, 0.2) is 67.4 Å². The number of benzene rings is 1. The molecule has 2 N–H and O–H groups in total. The fourth-order valence-electron chi connectivity index (χ4n) is 10.9. The van der Waals surface area contributed by atoms with Crippen molar-refractivity contribution in [3.63, 3.8) is 0 Å². The van der Waals surface area contributed by atoms with Gasteiger partial charge in [0.05, 0.1) is 48.5 Å². The lowest BCUT2D eigenvalue weighted by Crippen LogP contribution is -2.63. The van der Waals surface area contributed by atoms with Crippen LogP contribution in [0.3, 0.4) is 0 Å². The number of halogens is 3. The number of hydrogen-bond acceptors (Lipinski definition) is 11. The van der Waals surface area contributed by atoms with Crippen molar-refractivity contribution in [2.45, 2.75) is 116 Å². The van der Waals surface area contributed by atoms with Crippen LogP contribution in [0.5, 0.6) is 0 Å². The van der Waals surface area contributed by atoms with Crippen molar-refractivity contribution >= 4 is 40.6 Å². The summed E-state index contributed by atoms with van der Waals surface area (Å²) < 4.78 is 63.4. The Morgan fingerprint density at radius 1 is 1.04 bits per heavy atom. The number of hydrazine groups is 1. The minimum Gasteiger partial charge on any atom is -0.464 e. The van der Waals surface area contributed by atoms with E-state index in [0.717, 1.165) is 0 Å². The van der Waals surface area contributed by atoms with Gasteiger partial charge in [0.2, 0.25) is 11.8 Å². The van der Waals surface area contributed by atoms with Crippen LogP contribution in [0.2, 0.25) is 0 Å². The minimum absolute atomic E-state index is 0.0942. The van der Waals surface area contributed by atoms with E-state index in [4.69, 9.17) is 19.2 Å². The van der Waals surface area contributed by atoms with Crippen molar-refractivity contribution in [2.75, 3.05) is 60.1 Å². The molecule has 3 fully saturated rings. The number of ether oxygens (including phenoxy) is 3. The van der Waals surface area contributed by atoms with E-state index in [0.29, 0.717) is 109 Å². The number of esters is 1. The molecule has 74 heavy (non-hydrogen) atoms. The number of alkyl halides is 3. The number of nitrogens with one attached hydrogen (secondary N) is 2. The lowest BCUT2D eigenvalue weighted by atomic mass is 9.84. The number of aromatic nitrogens is 3. The van der Waals surface area contributed by atoms with Gasteiger partial charge in [-0.3, -0.25) is 34.2 Å². The zero-order valence-electron chi connectivity index (χ0n) is 43.3. The Morgan fingerprint density at radius 3 is 2.50 bits per heavy atom. The van der Waals surface area contributed by atoms with Gasteiger partial charge in [-0.1, -0.05) is 46.4 Å². The first kappa shape index (κ1) is 53.9. The molecule has 0 aliphatic carbocycles. The second-order valence-electron chi connectivity index (χ2n) is 21.2. The Bertz CT molecular complexity index is 2770.